The largest absolute Gasteiger partial charge is 0.288 e. The van der Waals surface area contributed by atoms with Crippen molar-refractivity contribution in [2.24, 2.45) is 0 Å². The van der Waals surface area contributed by atoms with Gasteiger partial charge in [-0.25, -0.2) is 0 Å². The van der Waals surface area contributed by atoms with Crippen LogP contribution in [0.15, 0.2) is 30.3 Å². The molecule has 2 heteroatoms. The Balaban J connectivity index is 2.09. The molecule has 0 radical (unpaired) electrons. The van der Waals surface area contributed by atoms with Gasteiger partial charge in [-0.2, -0.15) is 0 Å². The number of hydrogen-bond donors (Lipinski definition) is 0. The Morgan fingerprint density at radius 3 is 2.41 bits per heavy atom. The third-order valence-corrected chi connectivity index (χ3v) is 6.42. The van der Waals surface area contributed by atoms with Crippen molar-refractivity contribution in [3.8, 4) is 0 Å². The van der Waals surface area contributed by atoms with E-state index < -0.39 is 0 Å². The van der Waals surface area contributed by atoms with Crippen molar-refractivity contribution in [3.63, 3.8) is 0 Å². The van der Waals surface area contributed by atoms with E-state index in [4.69, 9.17) is 0 Å². The molecule has 0 amide bonds. The average Bonchev–Trinajstić information content (AvgIpc) is 2.42. The molecule has 1 aliphatic heterocycles. The number of benzene rings is 1. The van der Waals surface area contributed by atoms with Gasteiger partial charge in [0.05, 0.1) is 0 Å². The van der Waals surface area contributed by atoms with Crippen LogP contribution in [0.25, 0.3) is 0 Å². The lowest BCUT2D eigenvalue weighted by molar-refractivity contribution is 0.0987. The maximum atomic E-state index is 12.5. The van der Waals surface area contributed by atoms with Crippen molar-refractivity contribution in [1.29, 1.82) is 0 Å². The zero-order valence-corrected chi connectivity index (χ0v) is 11.3. The van der Waals surface area contributed by atoms with E-state index in [1.54, 1.807) is 0 Å². The van der Waals surface area contributed by atoms with Crippen LogP contribution in [0.4, 0.5) is 0 Å². The number of carbonyl (C=O) groups is 1. The van der Waals surface area contributed by atoms with E-state index in [-0.39, 0.29) is 5.25 Å². The summed E-state index contributed by atoms with van der Waals surface area (Å²) in [5.74, 6) is 2.92. The zero-order valence-electron chi connectivity index (χ0n) is 10.5. The summed E-state index contributed by atoms with van der Waals surface area (Å²) in [7, 11) is 0.337. The van der Waals surface area contributed by atoms with Crippen molar-refractivity contribution >= 4 is 16.7 Å². The molecule has 1 aliphatic rings. The second kappa shape index (κ2) is 6.25. The van der Waals surface area contributed by atoms with Crippen LogP contribution in [-0.2, 0) is 10.9 Å². The molecular formula is C15H21OS+. The van der Waals surface area contributed by atoms with Gasteiger partial charge in [0, 0.05) is 5.56 Å². The summed E-state index contributed by atoms with van der Waals surface area (Å²) in [6.45, 7) is 2.16. The van der Waals surface area contributed by atoms with Crippen LogP contribution in [-0.4, -0.2) is 22.5 Å². The van der Waals surface area contributed by atoms with Crippen LogP contribution >= 0.6 is 0 Å². The molecule has 0 aliphatic carbocycles. The van der Waals surface area contributed by atoms with Gasteiger partial charge >= 0.3 is 0 Å². The quantitative estimate of drug-likeness (QED) is 0.590. The maximum absolute atomic E-state index is 12.5. The topological polar surface area (TPSA) is 17.1 Å². The molecule has 92 valence electrons. The van der Waals surface area contributed by atoms with Gasteiger partial charge in [-0.1, -0.05) is 37.3 Å². The average molecular weight is 249 g/mol. The highest BCUT2D eigenvalue weighted by Crippen LogP contribution is 2.23. The summed E-state index contributed by atoms with van der Waals surface area (Å²) < 4.78 is 0. The lowest BCUT2D eigenvalue weighted by atomic mass is 10.1. The first kappa shape index (κ1) is 12.7. The highest BCUT2D eigenvalue weighted by Gasteiger charge is 2.36. The molecule has 0 bridgehead atoms. The van der Waals surface area contributed by atoms with E-state index in [1.165, 1.54) is 30.8 Å². The molecule has 0 aromatic heterocycles. The fourth-order valence-electron chi connectivity index (χ4n) is 2.50. The maximum Gasteiger partial charge on any atom is 0.214 e. The lowest BCUT2D eigenvalue weighted by Crippen LogP contribution is -2.35. The van der Waals surface area contributed by atoms with E-state index in [9.17, 15) is 4.79 Å². The SMILES string of the molecule is CCC(C(=O)c1ccccc1)[S+]1CCCCC1. The van der Waals surface area contributed by atoms with Crippen LogP contribution in [0, 0.1) is 0 Å². The molecule has 1 saturated heterocycles. The molecule has 17 heavy (non-hydrogen) atoms. The fraction of sp³-hybridized carbons (Fsp3) is 0.533. The minimum atomic E-state index is 0.276. The highest BCUT2D eigenvalue weighted by atomic mass is 32.2. The van der Waals surface area contributed by atoms with Gasteiger partial charge < -0.3 is 0 Å². The predicted molar refractivity (Wildman–Crippen MR) is 75.8 cm³/mol. The van der Waals surface area contributed by atoms with Gasteiger partial charge in [-0.3, -0.25) is 4.79 Å². The monoisotopic (exact) mass is 249 g/mol. The number of rotatable bonds is 4. The molecule has 1 aromatic rings. The molecule has 1 aromatic carbocycles. The summed E-state index contributed by atoms with van der Waals surface area (Å²) in [4.78, 5) is 12.5. The van der Waals surface area contributed by atoms with E-state index in [0.717, 1.165) is 12.0 Å². The smallest absolute Gasteiger partial charge is 0.214 e. The van der Waals surface area contributed by atoms with Crippen LogP contribution in [0.5, 0.6) is 0 Å². The van der Waals surface area contributed by atoms with E-state index >= 15 is 0 Å². The Kier molecular flexibility index (Phi) is 4.66. The van der Waals surface area contributed by atoms with Crippen molar-refractivity contribution in [1.82, 2.24) is 0 Å². The van der Waals surface area contributed by atoms with Crippen LogP contribution in [0.3, 0.4) is 0 Å². The summed E-state index contributed by atoms with van der Waals surface area (Å²) in [6, 6.07) is 9.81. The third kappa shape index (κ3) is 3.12. The molecule has 0 N–H and O–H groups in total. The normalized spacial score (nSPS) is 18.9. The second-order valence-electron chi connectivity index (χ2n) is 4.63. The van der Waals surface area contributed by atoms with Crippen molar-refractivity contribution < 1.29 is 4.79 Å². The van der Waals surface area contributed by atoms with Gasteiger partial charge in [0.2, 0.25) is 5.78 Å². The molecule has 1 nitrogen and oxygen atoms in total. The molecule has 1 heterocycles. The summed E-state index contributed by atoms with van der Waals surface area (Å²) in [6.07, 6.45) is 5.00. The van der Waals surface area contributed by atoms with Gasteiger partial charge in [-0.05, 0) is 36.6 Å². The van der Waals surface area contributed by atoms with Crippen molar-refractivity contribution in [2.75, 3.05) is 11.5 Å². The van der Waals surface area contributed by atoms with Gasteiger partial charge in [0.1, 0.15) is 11.5 Å². The minimum Gasteiger partial charge on any atom is -0.288 e. The predicted octanol–water partition coefficient (Wildman–Crippen LogP) is 3.45. The first-order chi connectivity index (χ1) is 8.33. The molecule has 0 spiro atoms. The Morgan fingerprint density at radius 2 is 1.82 bits per heavy atom. The number of carbonyl (C=O) groups excluding carboxylic acids is 1. The Morgan fingerprint density at radius 1 is 1.18 bits per heavy atom. The first-order valence-electron chi connectivity index (χ1n) is 6.58. The first-order valence-corrected chi connectivity index (χ1v) is 8.21. The molecule has 2 rings (SSSR count). The molecular weight excluding hydrogens is 228 g/mol. The lowest BCUT2D eigenvalue weighted by Gasteiger charge is -2.20. The van der Waals surface area contributed by atoms with E-state index in [1.807, 2.05) is 30.3 Å². The highest BCUT2D eigenvalue weighted by molar-refractivity contribution is 7.98. The molecule has 0 saturated carbocycles. The fourth-order valence-corrected chi connectivity index (χ4v) is 5.33. The Hall–Kier alpha value is -0.760. The summed E-state index contributed by atoms with van der Waals surface area (Å²) in [5, 5.41) is 0.276. The van der Waals surface area contributed by atoms with Crippen molar-refractivity contribution in [3.05, 3.63) is 35.9 Å². The van der Waals surface area contributed by atoms with Gasteiger partial charge in [0.25, 0.3) is 0 Å². The molecule has 1 atom stereocenters. The van der Waals surface area contributed by atoms with Crippen LogP contribution in [0.1, 0.15) is 43.0 Å². The van der Waals surface area contributed by atoms with Gasteiger partial charge in [-0.15, -0.1) is 0 Å². The number of hydrogen-bond acceptors (Lipinski definition) is 1. The number of Topliss-reactive ketones (excluding diaryl/α,β-unsaturated/α-hetero) is 1. The zero-order chi connectivity index (χ0) is 12.1. The van der Waals surface area contributed by atoms with E-state index in [2.05, 4.69) is 6.92 Å². The Labute approximate surface area is 107 Å². The van der Waals surface area contributed by atoms with E-state index in [0.29, 0.717) is 16.7 Å². The second-order valence-corrected chi connectivity index (χ2v) is 7.09. The molecule has 1 unspecified atom stereocenters. The van der Waals surface area contributed by atoms with Crippen LogP contribution < -0.4 is 0 Å². The standard InChI is InChI=1S/C15H21OS/c1-2-14(17-11-7-4-8-12-17)15(16)13-9-5-3-6-10-13/h3,5-6,9-10,14H,2,4,7-8,11-12H2,1H3/q+1. The third-order valence-electron chi connectivity index (χ3n) is 3.44. The van der Waals surface area contributed by atoms with Gasteiger partial charge in [0.15, 0.2) is 5.25 Å². The minimum absolute atomic E-state index is 0.276. The number of ketones is 1. The summed E-state index contributed by atoms with van der Waals surface area (Å²) >= 11 is 0. The van der Waals surface area contributed by atoms with Crippen molar-refractivity contribution in [2.45, 2.75) is 37.9 Å². The molecule has 1 fully saturated rings. The summed E-state index contributed by atoms with van der Waals surface area (Å²) in [5.41, 5.74) is 0.900. The van der Waals surface area contributed by atoms with Crippen LogP contribution in [0.2, 0.25) is 0 Å². The Bertz CT molecular complexity index is 354.